The summed E-state index contributed by atoms with van der Waals surface area (Å²) >= 11 is 5.79. The quantitative estimate of drug-likeness (QED) is 0.389. The van der Waals surface area contributed by atoms with Gasteiger partial charge in [-0.05, 0) is 29.8 Å². The molecule has 0 bridgehead atoms. The van der Waals surface area contributed by atoms with Gasteiger partial charge in [-0.1, -0.05) is 36.4 Å². The minimum atomic E-state index is -4.92. The van der Waals surface area contributed by atoms with Crippen LogP contribution >= 0.6 is 11.6 Å². The number of ether oxygens (including phenoxy) is 2. The second kappa shape index (κ2) is 8.62. The first-order valence-corrected chi connectivity index (χ1v) is 8.92. The van der Waals surface area contributed by atoms with Crippen molar-refractivity contribution in [1.29, 1.82) is 0 Å². The number of carbonyl (C=O) groups excluding carboxylic acids is 1. The average Bonchev–Trinajstić information content (AvgIpc) is 2.70. The SMILES string of the molecule is C=CCOC(=O)COc1ccc2c(=O)c(-c3ccc(Cl)cc3)c(C(F)(F)F)oc2c1. The maximum absolute atomic E-state index is 13.6. The molecule has 0 aliphatic carbocycles. The van der Waals surface area contributed by atoms with E-state index >= 15 is 0 Å². The van der Waals surface area contributed by atoms with E-state index in [1.807, 2.05) is 0 Å². The molecule has 0 saturated carbocycles. The highest BCUT2D eigenvalue weighted by Crippen LogP contribution is 2.38. The zero-order chi connectivity index (χ0) is 21.9. The lowest BCUT2D eigenvalue weighted by Crippen LogP contribution is -2.16. The summed E-state index contributed by atoms with van der Waals surface area (Å²) in [7, 11) is 0. The fourth-order valence-corrected chi connectivity index (χ4v) is 2.80. The van der Waals surface area contributed by atoms with Crippen molar-refractivity contribution >= 4 is 28.5 Å². The van der Waals surface area contributed by atoms with Crippen molar-refractivity contribution in [2.24, 2.45) is 0 Å². The molecule has 0 aliphatic heterocycles. The number of hydrogen-bond donors (Lipinski definition) is 0. The van der Waals surface area contributed by atoms with Gasteiger partial charge >= 0.3 is 12.1 Å². The Morgan fingerprint density at radius 2 is 1.87 bits per heavy atom. The third-order valence-corrected chi connectivity index (χ3v) is 4.23. The Morgan fingerprint density at radius 3 is 2.50 bits per heavy atom. The van der Waals surface area contributed by atoms with Gasteiger partial charge in [0.1, 0.15) is 17.9 Å². The van der Waals surface area contributed by atoms with Gasteiger partial charge in [-0.2, -0.15) is 13.2 Å². The van der Waals surface area contributed by atoms with Crippen molar-refractivity contribution < 1.29 is 31.9 Å². The minimum absolute atomic E-state index is 0.00277. The number of alkyl halides is 3. The molecular formula is C21H14ClF3O5. The van der Waals surface area contributed by atoms with Crippen LogP contribution in [0.1, 0.15) is 5.76 Å². The Labute approximate surface area is 173 Å². The van der Waals surface area contributed by atoms with Crippen molar-refractivity contribution in [3.63, 3.8) is 0 Å². The number of halogens is 4. The van der Waals surface area contributed by atoms with E-state index in [1.54, 1.807) is 0 Å². The number of esters is 1. The molecule has 1 heterocycles. The van der Waals surface area contributed by atoms with E-state index in [1.165, 1.54) is 42.5 Å². The summed E-state index contributed by atoms with van der Waals surface area (Å²) in [6.07, 6.45) is -3.55. The number of rotatable bonds is 6. The van der Waals surface area contributed by atoms with Gasteiger partial charge in [0.2, 0.25) is 11.2 Å². The lowest BCUT2D eigenvalue weighted by molar-refractivity contribution is -0.152. The van der Waals surface area contributed by atoms with E-state index < -0.39 is 35.5 Å². The van der Waals surface area contributed by atoms with E-state index in [0.29, 0.717) is 5.02 Å². The van der Waals surface area contributed by atoms with Crippen LogP contribution in [-0.4, -0.2) is 19.2 Å². The molecule has 0 fully saturated rings. The highest BCUT2D eigenvalue weighted by Gasteiger charge is 2.39. The molecule has 0 saturated heterocycles. The van der Waals surface area contributed by atoms with Crippen LogP contribution in [0.3, 0.4) is 0 Å². The van der Waals surface area contributed by atoms with Crippen molar-refractivity contribution in [3.8, 4) is 16.9 Å². The van der Waals surface area contributed by atoms with Gasteiger partial charge in [-0.3, -0.25) is 4.79 Å². The first-order chi connectivity index (χ1) is 14.2. The molecule has 0 amide bonds. The van der Waals surface area contributed by atoms with E-state index in [9.17, 15) is 22.8 Å². The van der Waals surface area contributed by atoms with Crippen molar-refractivity contribution in [1.82, 2.24) is 0 Å². The summed E-state index contributed by atoms with van der Waals surface area (Å²) in [5, 5.41) is 0.237. The predicted octanol–water partition coefficient (Wildman–Crippen LogP) is 5.24. The van der Waals surface area contributed by atoms with Crippen LogP contribution in [0.15, 0.2) is 64.3 Å². The van der Waals surface area contributed by atoms with Gasteiger partial charge in [0.25, 0.3) is 0 Å². The Hall–Kier alpha value is -3.26. The Morgan fingerprint density at radius 1 is 1.17 bits per heavy atom. The zero-order valence-electron chi connectivity index (χ0n) is 15.3. The standard InChI is InChI=1S/C21H14ClF3O5/c1-2-9-28-17(26)11-29-14-7-8-15-16(10-14)30-20(21(23,24)25)18(19(15)27)12-3-5-13(22)6-4-12/h2-8,10H,1,9,11H2. The lowest BCUT2D eigenvalue weighted by Gasteiger charge is -2.13. The van der Waals surface area contributed by atoms with Crippen molar-refractivity contribution in [3.05, 3.63) is 76.1 Å². The molecule has 3 rings (SSSR count). The van der Waals surface area contributed by atoms with Gasteiger partial charge in [-0.15, -0.1) is 0 Å². The van der Waals surface area contributed by atoms with E-state index in [2.05, 4.69) is 6.58 Å². The van der Waals surface area contributed by atoms with Crippen LogP contribution in [0.25, 0.3) is 22.1 Å². The van der Waals surface area contributed by atoms with Crippen LogP contribution in [0.2, 0.25) is 5.02 Å². The summed E-state index contributed by atoms with van der Waals surface area (Å²) in [5.74, 6) is -2.09. The summed E-state index contributed by atoms with van der Waals surface area (Å²) < 4.78 is 55.9. The zero-order valence-corrected chi connectivity index (χ0v) is 16.0. The molecule has 0 radical (unpaired) electrons. The smallest absolute Gasteiger partial charge is 0.450 e. The van der Waals surface area contributed by atoms with Crippen LogP contribution in [-0.2, 0) is 15.7 Å². The summed E-state index contributed by atoms with van der Waals surface area (Å²) in [6.45, 7) is 2.92. The second-order valence-electron chi connectivity index (χ2n) is 6.06. The fourth-order valence-electron chi connectivity index (χ4n) is 2.68. The van der Waals surface area contributed by atoms with Gasteiger partial charge in [-0.25, -0.2) is 4.79 Å². The molecule has 9 heteroatoms. The molecule has 30 heavy (non-hydrogen) atoms. The maximum atomic E-state index is 13.6. The van der Waals surface area contributed by atoms with Crippen LogP contribution < -0.4 is 10.2 Å². The monoisotopic (exact) mass is 438 g/mol. The molecule has 0 N–H and O–H groups in total. The van der Waals surface area contributed by atoms with Crippen LogP contribution in [0.5, 0.6) is 5.75 Å². The molecule has 5 nitrogen and oxygen atoms in total. The summed E-state index contributed by atoms with van der Waals surface area (Å²) in [5.41, 5.74) is -1.79. The molecule has 0 aliphatic rings. The molecular weight excluding hydrogens is 425 g/mol. The van der Waals surface area contributed by atoms with Crippen molar-refractivity contribution in [2.75, 3.05) is 13.2 Å². The maximum Gasteiger partial charge on any atom is 0.450 e. The third kappa shape index (κ3) is 4.65. The lowest BCUT2D eigenvalue weighted by atomic mass is 10.0. The second-order valence-corrected chi connectivity index (χ2v) is 6.49. The van der Waals surface area contributed by atoms with Crippen molar-refractivity contribution in [2.45, 2.75) is 6.18 Å². The van der Waals surface area contributed by atoms with Gasteiger partial charge in [0, 0.05) is 11.1 Å². The predicted molar refractivity (Wildman–Crippen MR) is 105 cm³/mol. The van der Waals surface area contributed by atoms with E-state index in [0.717, 1.165) is 6.07 Å². The summed E-state index contributed by atoms with van der Waals surface area (Å²) in [4.78, 5) is 24.3. The highest BCUT2D eigenvalue weighted by atomic mass is 35.5. The largest absolute Gasteiger partial charge is 0.482 e. The molecule has 0 unspecified atom stereocenters. The van der Waals surface area contributed by atoms with E-state index in [-0.39, 0.29) is 28.9 Å². The Kier molecular flexibility index (Phi) is 6.17. The molecule has 156 valence electrons. The number of benzene rings is 2. The van der Waals surface area contributed by atoms with Crippen LogP contribution in [0, 0.1) is 0 Å². The van der Waals surface area contributed by atoms with E-state index in [4.69, 9.17) is 25.5 Å². The average molecular weight is 439 g/mol. The topological polar surface area (TPSA) is 65.7 Å². The Balaban J connectivity index is 2.06. The molecule has 1 aromatic heterocycles. The first-order valence-electron chi connectivity index (χ1n) is 8.54. The molecule has 0 atom stereocenters. The molecule has 3 aromatic rings. The third-order valence-electron chi connectivity index (χ3n) is 3.97. The number of carbonyl (C=O) groups is 1. The fraction of sp³-hybridized carbons (Fsp3) is 0.143. The minimum Gasteiger partial charge on any atom is -0.482 e. The normalized spacial score (nSPS) is 11.3. The molecule has 0 spiro atoms. The van der Waals surface area contributed by atoms with Gasteiger partial charge < -0.3 is 13.9 Å². The van der Waals surface area contributed by atoms with Gasteiger partial charge in [0.05, 0.1) is 10.9 Å². The highest BCUT2D eigenvalue weighted by molar-refractivity contribution is 6.30. The molecule has 2 aromatic carbocycles. The van der Waals surface area contributed by atoms with Crippen LogP contribution in [0.4, 0.5) is 13.2 Å². The Bertz CT molecular complexity index is 1150. The number of hydrogen-bond acceptors (Lipinski definition) is 5. The van der Waals surface area contributed by atoms with Gasteiger partial charge in [0.15, 0.2) is 6.61 Å². The summed E-state index contributed by atoms with van der Waals surface area (Å²) in [6, 6.07) is 9.10. The first kappa shape index (κ1) is 21.4. The number of fused-ring (bicyclic) bond motifs is 1.